The molecule has 6 heteroatoms. The van der Waals surface area contributed by atoms with E-state index in [-0.39, 0.29) is 11.8 Å². The molecule has 7 rings (SSSR count). The van der Waals surface area contributed by atoms with Crippen molar-refractivity contribution >= 4 is 34.1 Å². The third-order valence-electron chi connectivity index (χ3n) is 9.39. The standard InChI is InChI=1S/C38H39ClN4O/c39-32-18-8-10-20-34(32)41-24-26-42(27-25-41)38(44)37-36(35(28-12-3-1-4-13-28)29-14-5-2-6-15-29)31-17-7-9-19-33(31)43(37)23-21-30-16-11-22-40-30/h1-10,12-15,17-20,30,35,40H,11,16,21-27H2. The van der Waals surface area contributed by atoms with Crippen molar-refractivity contribution in [1.29, 1.82) is 0 Å². The van der Waals surface area contributed by atoms with Crippen LogP contribution >= 0.6 is 11.6 Å². The molecule has 1 aromatic heterocycles. The molecule has 4 aromatic carbocycles. The van der Waals surface area contributed by atoms with Gasteiger partial charge in [0.05, 0.1) is 10.7 Å². The summed E-state index contributed by atoms with van der Waals surface area (Å²) in [5.41, 5.74) is 6.49. The highest BCUT2D eigenvalue weighted by Crippen LogP contribution is 2.41. The minimum atomic E-state index is -0.0727. The number of carbonyl (C=O) groups is 1. The molecule has 0 saturated carbocycles. The third-order valence-corrected chi connectivity index (χ3v) is 9.71. The van der Waals surface area contributed by atoms with Gasteiger partial charge < -0.3 is 19.7 Å². The number of aromatic nitrogens is 1. The van der Waals surface area contributed by atoms with Crippen LogP contribution in [0.3, 0.4) is 0 Å². The Balaban J connectivity index is 1.34. The van der Waals surface area contributed by atoms with Gasteiger partial charge in [-0.2, -0.15) is 0 Å². The number of hydrogen-bond donors (Lipinski definition) is 1. The number of amides is 1. The Morgan fingerprint density at radius 3 is 2.09 bits per heavy atom. The van der Waals surface area contributed by atoms with E-state index >= 15 is 0 Å². The molecule has 5 aromatic rings. The molecule has 0 radical (unpaired) electrons. The Bertz CT molecular complexity index is 1680. The molecule has 2 fully saturated rings. The maximum absolute atomic E-state index is 14.9. The van der Waals surface area contributed by atoms with E-state index in [4.69, 9.17) is 11.6 Å². The summed E-state index contributed by atoms with van der Waals surface area (Å²) in [5.74, 6) is 0.0442. The van der Waals surface area contributed by atoms with Crippen LogP contribution in [0, 0.1) is 0 Å². The van der Waals surface area contributed by atoms with Gasteiger partial charge in [-0.1, -0.05) is 103 Å². The van der Waals surface area contributed by atoms with Crippen molar-refractivity contribution in [1.82, 2.24) is 14.8 Å². The number of nitrogens with zero attached hydrogens (tertiary/aromatic N) is 3. The van der Waals surface area contributed by atoms with Crippen LogP contribution in [0.5, 0.6) is 0 Å². The second kappa shape index (κ2) is 12.9. The van der Waals surface area contributed by atoms with Crippen LogP contribution in [0.2, 0.25) is 5.02 Å². The summed E-state index contributed by atoms with van der Waals surface area (Å²) in [4.78, 5) is 19.3. The van der Waals surface area contributed by atoms with Gasteiger partial charge in [0.2, 0.25) is 0 Å². The van der Waals surface area contributed by atoms with Gasteiger partial charge in [0, 0.05) is 61.1 Å². The maximum atomic E-state index is 14.9. The summed E-state index contributed by atoms with van der Waals surface area (Å²) >= 11 is 6.55. The molecule has 0 bridgehead atoms. The molecular formula is C38H39ClN4O. The normalized spacial score (nSPS) is 17.1. The predicted octanol–water partition coefficient (Wildman–Crippen LogP) is 7.58. The molecule has 5 nitrogen and oxygen atoms in total. The molecule has 0 aliphatic carbocycles. The maximum Gasteiger partial charge on any atom is 0.270 e. The minimum Gasteiger partial charge on any atom is -0.367 e. The fourth-order valence-corrected chi connectivity index (χ4v) is 7.45. The summed E-state index contributed by atoms with van der Waals surface area (Å²) in [6, 6.07) is 38.4. The molecule has 1 N–H and O–H groups in total. The van der Waals surface area contributed by atoms with Crippen LogP contribution in [0.15, 0.2) is 109 Å². The lowest BCUT2D eigenvalue weighted by Gasteiger charge is -2.37. The molecule has 1 amide bonds. The number of anilines is 1. The Kier molecular flexibility index (Phi) is 8.41. The molecule has 2 aliphatic rings. The van der Waals surface area contributed by atoms with Crippen molar-refractivity contribution < 1.29 is 4.79 Å². The SMILES string of the molecule is O=C(c1c(C(c2ccccc2)c2ccccc2)c2ccccc2n1CCC1CCCN1)N1CCN(c2ccccc2Cl)CC1. The number of nitrogens with one attached hydrogen (secondary N) is 1. The number of benzene rings is 4. The average Bonchev–Trinajstić information content (AvgIpc) is 3.71. The lowest BCUT2D eigenvalue weighted by atomic mass is 9.83. The zero-order valence-corrected chi connectivity index (χ0v) is 25.8. The van der Waals surface area contributed by atoms with Crippen LogP contribution < -0.4 is 10.2 Å². The number of carbonyl (C=O) groups excluding carboxylic acids is 1. The molecule has 224 valence electrons. The van der Waals surface area contributed by atoms with Gasteiger partial charge in [0.1, 0.15) is 5.69 Å². The van der Waals surface area contributed by atoms with E-state index in [1.54, 1.807) is 0 Å². The van der Waals surface area contributed by atoms with Gasteiger partial charge in [-0.15, -0.1) is 0 Å². The van der Waals surface area contributed by atoms with E-state index in [0.717, 1.165) is 65.5 Å². The smallest absolute Gasteiger partial charge is 0.270 e. The second-order valence-electron chi connectivity index (χ2n) is 12.0. The van der Waals surface area contributed by atoms with Crippen LogP contribution in [-0.2, 0) is 6.54 Å². The van der Waals surface area contributed by atoms with E-state index in [0.29, 0.717) is 19.1 Å². The van der Waals surface area contributed by atoms with E-state index in [1.807, 2.05) is 18.2 Å². The summed E-state index contributed by atoms with van der Waals surface area (Å²) in [6.07, 6.45) is 3.41. The Morgan fingerprint density at radius 1 is 0.795 bits per heavy atom. The zero-order valence-electron chi connectivity index (χ0n) is 25.0. The Labute approximate surface area is 265 Å². The number of halogens is 1. The number of aryl methyl sites for hydroxylation is 1. The molecule has 2 saturated heterocycles. The van der Waals surface area contributed by atoms with Gasteiger partial charge in [-0.3, -0.25) is 4.79 Å². The topological polar surface area (TPSA) is 40.5 Å². The summed E-state index contributed by atoms with van der Waals surface area (Å²) in [7, 11) is 0. The first-order valence-electron chi connectivity index (χ1n) is 15.9. The summed E-state index contributed by atoms with van der Waals surface area (Å²) in [6.45, 7) is 4.67. The first-order valence-corrected chi connectivity index (χ1v) is 16.3. The van der Waals surface area contributed by atoms with E-state index in [9.17, 15) is 4.79 Å². The first-order chi connectivity index (χ1) is 21.7. The van der Waals surface area contributed by atoms with Gasteiger partial charge in [-0.05, 0) is 55.1 Å². The monoisotopic (exact) mass is 602 g/mol. The quantitative estimate of drug-likeness (QED) is 0.199. The predicted molar refractivity (Wildman–Crippen MR) is 181 cm³/mol. The third kappa shape index (κ3) is 5.62. The van der Waals surface area contributed by atoms with Crippen molar-refractivity contribution in [3.05, 3.63) is 137 Å². The molecule has 44 heavy (non-hydrogen) atoms. The highest BCUT2D eigenvalue weighted by Gasteiger charge is 2.34. The second-order valence-corrected chi connectivity index (χ2v) is 12.4. The van der Waals surface area contributed by atoms with Gasteiger partial charge in [0.25, 0.3) is 5.91 Å². The first kappa shape index (κ1) is 28.7. The van der Waals surface area contributed by atoms with Crippen LogP contribution in [0.4, 0.5) is 5.69 Å². The van der Waals surface area contributed by atoms with Crippen molar-refractivity contribution in [2.45, 2.75) is 37.8 Å². The van der Waals surface area contributed by atoms with E-state index in [1.165, 1.54) is 24.0 Å². The van der Waals surface area contributed by atoms with Crippen molar-refractivity contribution in [3.8, 4) is 0 Å². The fourth-order valence-electron chi connectivity index (χ4n) is 7.20. The minimum absolute atomic E-state index is 0.0727. The Hall–Kier alpha value is -4.06. The lowest BCUT2D eigenvalue weighted by Crippen LogP contribution is -2.49. The molecule has 0 spiro atoms. The van der Waals surface area contributed by atoms with Crippen molar-refractivity contribution in [2.75, 3.05) is 37.6 Å². The molecule has 3 heterocycles. The van der Waals surface area contributed by atoms with Gasteiger partial charge >= 0.3 is 0 Å². The average molecular weight is 603 g/mol. The van der Waals surface area contributed by atoms with Crippen LogP contribution in [-0.4, -0.2) is 54.1 Å². The zero-order chi connectivity index (χ0) is 29.9. The highest BCUT2D eigenvalue weighted by atomic mass is 35.5. The number of fused-ring (bicyclic) bond motifs is 1. The molecule has 2 aliphatic heterocycles. The van der Waals surface area contributed by atoms with Crippen LogP contribution in [0.1, 0.15) is 52.4 Å². The van der Waals surface area contributed by atoms with E-state index in [2.05, 4.69) is 111 Å². The largest absolute Gasteiger partial charge is 0.367 e. The van der Waals surface area contributed by atoms with Gasteiger partial charge in [-0.25, -0.2) is 0 Å². The summed E-state index contributed by atoms with van der Waals surface area (Å²) < 4.78 is 2.34. The molecule has 1 atom stereocenters. The number of hydrogen-bond acceptors (Lipinski definition) is 3. The van der Waals surface area contributed by atoms with Crippen molar-refractivity contribution in [3.63, 3.8) is 0 Å². The lowest BCUT2D eigenvalue weighted by molar-refractivity contribution is 0.0734. The highest BCUT2D eigenvalue weighted by molar-refractivity contribution is 6.33. The van der Waals surface area contributed by atoms with Gasteiger partial charge in [0.15, 0.2) is 0 Å². The number of rotatable bonds is 8. The Morgan fingerprint density at radius 2 is 1.43 bits per heavy atom. The van der Waals surface area contributed by atoms with E-state index < -0.39 is 0 Å². The number of piperazine rings is 1. The summed E-state index contributed by atoms with van der Waals surface area (Å²) in [5, 5.41) is 5.58. The van der Waals surface area contributed by atoms with Crippen molar-refractivity contribution in [2.24, 2.45) is 0 Å². The number of para-hydroxylation sites is 2. The molecular weight excluding hydrogens is 564 g/mol. The molecule has 1 unspecified atom stereocenters. The van der Waals surface area contributed by atoms with Crippen LogP contribution in [0.25, 0.3) is 10.9 Å². The fraction of sp³-hybridized carbons (Fsp3) is 0.289.